The fourth-order valence-corrected chi connectivity index (χ4v) is 2.29. The van der Waals surface area contributed by atoms with Crippen LogP contribution >= 0.6 is 11.6 Å². The molecule has 20 heavy (non-hydrogen) atoms. The summed E-state index contributed by atoms with van der Waals surface area (Å²) in [4.78, 5) is 0. The van der Waals surface area contributed by atoms with E-state index in [1.54, 1.807) is 0 Å². The highest BCUT2D eigenvalue weighted by Crippen LogP contribution is 2.28. The molecular weight excluding hydrogens is 270 g/mol. The van der Waals surface area contributed by atoms with Crippen LogP contribution in [-0.4, -0.2) is 13.2 Å². The van der Waals surface area contributed by atoms with Crippen molar-refractivity contribution in [3.8, 4) is 5.75 Å². The zero-order chi connectivity index (χ0) is 14.4. The maximum Gasteiger partial charge on any atom is 0.138 e. The molecule has 0 spiro atoms. The molecular formula is C17H20ClNO. The minimum absolute atomic E-state index is 0.446. The van der Waals surface area contributed by atoms with Crippen molar-refractivity contribution < 1.29 is 4.74 Å². The lowest BCUT2D eigenvalue weighted by Crippen LogP contribution is -2.09. The molecule has 0 fully saturated rings. The summed E-state index contributed by atoms with van der Waals surface area (Å²) in [7, 11) is 0. The van der Waals surface area contributed by atoms with Crippen LogP contribution in [0.15, 0.2) is 48.5 Å². The van der Waals surface area contributed by atoms with Gasteiger partial charge in [0.2, 0.25) is 0 Å². The van der Waals surface area contributed by atoms with Gasteiger partial charge in [-0.3, -0.25) is 0 Å². The molecule has 0 bridgehead atoms. The Bertz CT molecular complexity index is 542. The number of nitrogens with one attached hydrogen (secondary N) is 1. The second-order valence-corrected chi connectivity index (χ2v) is 5.18. The van der Waals surface area contributed by atoms with Gasteiger partial charge in [-0.05, 0) is 36.6 Å². The molecule has 0 aliphatic rings. The van der Waals surface area contributed by atoms with Crippen LogP contribution in [0.1, 0.15) is 25.3 Å². The third-order valence-corrected chi connectivity index (χ3v) is 3.51. The number of rotatable bonds is 6. The van der Waals surface area contributed by atoms with Crippen LogP contribution in [0.4, 0.5) is 5.69 Å². The monoisotopic (exact) mass is 289 g/mol. The molecule has 3 heteroatoms. The van der Waals surface area contributed by atoms with E-state index < -0.39 is 0 Å². The summed E-state index contributed by atoms with van der Waals surface area (Å²) in [6.07, 6.45) is 0. The van der Waals surface area contributed by atoms with Crippen LogP contribution < -0.4 is 10.1 Å². The molecule has 1 N–H and O–H groups in total. The SMILES string of the molecule is CCOc1ccc(NCC(C)c2ccccc2)cc1Cl. The van der Waals surface area contributed by atoms with Gasteiger partial charge in [0.15, 0.2) is 0 Å². The molecule has 0 aromatic heterocycles. The summed E-state index contributed by atoms with van der Waals surface area (Å²) in [6, 6.07) is 16.3. The molecule has 0 saturated carbocycles. The first-order valence-electron chi connectivity index (χ1n) is 6.92. The molecule has 0 aliphatic carbocycles. The van der Waals surface area contributed by atoms with Crippen molar-refractivity contribution in [1.29, 1.82) is 0 Å². The van der Waals surface area contributed by atoms with Crippen molar-refractivity contribution in [2.24, 2.45) is 0 Å². The average Bonchev–Trinajstić information content (AvgIpc) is 2.48. The van der Waals surface area contributed by atoms with Gasteiger partial charge in [-0.15, -0.1) is 0 Å². The number of benzene rings is 2. The molecule has 106 valence electrons. The average molecular weight is 290 g/mol. The Morgan fingerprint density at radius 1 is 1.15 bits per heavy atom. The van der Waals surface area contributed by atoms with Crippen molar-refractivity contribution in [2.75, 3.05) is 18.5 Å². The van der Waals surface area contributed by atoms with Gasteiger partial charge in [-0.1, -0.05) is 48.9 Å². The Morgan fingerprint density at radius 3 is 2.55 bits per heavy atom. The van der Waals surface area contributed by atoms with Crippen molar-refractivity contribution in [3.63, 3.8) is 0 Å². The Labute approximate surface area is 125 Å². The van der Waals surface area contributed by atoms with Crippen molar-refractivity contribution in [2.45, 2.75) is 19.8 Å². The molecule has 2 rings (SSSR count). The second-order valence-electron chi connectivity index (χ2n) is 4.77. The maximum atomic E-state index is 6.18. The van der Waals surface area contributed by atoms with Crippen LogP contribution in [0.2, 0.25) is 5.02 Å². The summed E-state index contributed by atoms with van der Waals surface area (Å²) < 4.78 is 5.43. The summed E-state index contributed by atoms with van der Waals surface area (Å²) in [5.41, 5.74) is 2.35. The molecule has 2 aromatic rings. The van der Waals surface area contributed by atoms with Gasteiger partial charge in [0.05, 0.1) is 11.6 Å². The number of anilines is 1. The van der Waals surface area contributed by atoms with E-state index in [0.29, 0.717) is 17.5 Å². The van der Waals surface area contributed by atoms with E-state index in [9.17, 15) is 0 Å². The van der Waals surface area contributed by atoms with Crippen LogP contribution in [0.5, 0.6) is 5.75 Å². The van der Waals surface area contributed by atoms with Gasteiger partial charge in [0.25, 0.3) is 0 Å². The first kappa shape index (κ1) is 14.7. The first-order chi connectivity index (χ1) is 9.70. The van der Waals surface area contributed by atoms with Gasteiger partial charge in [0.1, 0.15) is 5.75 Å². The van der Waals surface area contributed by atoms with Crippen molar-refractivity contribution >= 4 is 17.3 Å². The maximum absolute atomic E-state index is 6.18. The van der Waals surface area contributed by atoms with E-state index in [-0.39, 0.29) is 0 Å². The third kappa shape index (κ3) is 3.91. The topological polar surface area (TPSA) is 21.3 Å². The predicted octanol–water partition coefficient (Wildman–Crippen LogP) is 4.95. The second kappa shape index (κ2) is 7.20. The minimum atomic E-state index is 0.446. The number of ether oxygens (including phenoxy) is 1. The summed E-state index contributed by atoms with van der Waals surface area (Å²) in [6.45, 7) is 5.65. The van der Waals surface area contributed by atoms with E-state index in [0.717, 1.165) is 18.0 Å². The van der Waals surface area contributed by atoms with Crippen LogP contribution in [0.3, 0.4) is 0 Å². The van der Waals surface area contributed by atoms with Gasteiger partial charge >= 0.3 is 0 Å². The molecule has 0 amide bonds. The van der Waals surface area contributed by atoms with Crippen LogP contribution in [0.25, 0.3) is 0 Å². The van der Waals surface area contributed by atoms with E-state index in [1.807, 2.05) is 31.2 Å². The predicted molar refractivity (Wildman–Crippen MR) is 86.0 cm³/mol. The highest BCUT2D eigenvalue weighted by Gasteiger charge is 2.06. The lowest BCUT2D eigenvalue weighted by atomic mass is 10.0. The fourth-order valence-electron chi connectivity index (χ4n) is 2.05. The minimum Gasteiger partial charge on any atom is -0.492 e. The molecule has 0 saturated heterocycles. The zero-order valence-electron chi connectivity index (χ0n) is 11.9. The highest BCUT2D eigenvalue weighted by atomic mass is 35.5. The lowest BCUT2D eigenvalue weighted by Gasteiger charge is -2.15. The van der Waals surface area contributed by atoms with Crippen LogP contribution in [0, 0.1) is 0 Å². The third-order valence-electron chi connectivity index (χ3n) is 3.21. The smallest absolute Gasteiger partial charge is 0.138 e. The van der Waals surface area contributed by atoms with E-state index in [2.05, 4.69) is 36.5 Å². The number of hydrogen-bond acceptors (Lipinski definition) is 2. The van der Waals surface area contributed by atoms with E-state index >= 15 is 0 Å². The quantitative estimate of drug-likeness (QED) is 0.812. The van der Waals surface area contributed by atoms with Crippen LogP contribution in [-0.2, 0) is 0 Å². The molecule has 1 unspecified atom stereocenters. The van der Waals surface area contributed by atoms with E-state index in [1.165, 1.54) is 5.56 Å². The summed E-state index contributed by atoms with van der Waals surface area (Å²) in [5.74, 6) is 1.18. The highest BCUT2D eigenvalue weighted by molar-refractivity contribution is 6.32. The first-order valence-corrected chi connectivity index (χ1v) is 7.29. The number of halogens is 1. The molecule has 0 heterocycles. The Kier molecular flexibility index (Phi) is 5.31. The normalized spacial score (nSPS) is 11.9. The zero-order valence-corrected chi connectivity index (χ0v) is 12.7. The van der Waals surface area contributed by atoms with Crippen molar-refractivity contribution in [3.05, 3.63) is 59.1 Å². The van der Waals surface area contributed by atoms with Gasteiger partial charge in [0, 0.05) is 12.2 Å². The molecule has 0 aliphatic heterocycles. The fraction of sp³-hybridized carbons (Fsp3) is 0.294. The molecule has 0 radical (unpaired) electrons. The summed E-state index contributed by atoms with van der Waals surface area (Å²) in [5, 5.41) is 4.06. The van der Waals surface area contributed by atoms with Gasteiger partial charge < -0.3 is 10.1 Å². The Hall–Kier alpha value is -1.67. The Morgan fingerprint density at radius 2 is 1.90 bits per heavy atom. The van der Waals surface area contributed by atoms with Gasteiger partial charge in [-0.25, -0.2) is 0 Å². The Balaban J connectivity index is 1.96. The summed E-state index contributed by atoms with van der Waals surface area (Å²) >= 11 is 6.18. The van der Waals surface area contributed by atoms with E-state index in [4.69, 9.17) is 16.3 Å². The standard InChI is InChI=1S/C17H20ClNO/c1-3-20-17-10-9-15(11-16(17)18)19-12-13(2)14-7-5-4-6-8-14/h4-11,13,19H,3,12H2,1-2H3. The molecule has 2 nitrogen and oxygen atoms in total. The lowest BCUT2D eigenvalue weighted by molar-refractivity contribution is 0.340. The molecule has 2 aromatic carbocycles. The largest absolute Gasteiger partial charge is 0.492 e. The van der Waals surface area contributed by atoms with Gasteiger partial charge in [-0.2, -0.15) is 0 Å². The molecule has 1 atom stereocenters. The van der Waals surface area contributed by atoms with Crippen molar-refractivity contribution in [1.82, 2.24) is 0 Å². The number of hydrogen-bond donors (Lipinski definition) is 1.